The van der Waals surface area contributed by atoms with E-state index in [1.165, 1.54) is 19.4 Å². The zero-order valence-electron chi connectivity index (χ0n) is 17.4. The summed E-state index contributed by atoms with van der Waals surface area (Å²) < 4.78 is 31.9. The van der Waals surface area contributed by atoms with Crippen molar-refractivity contribution in [3.05, 3.63) is 0 Å². The lowest BCUT2D eigenvalue weighted by Gasteiger charge is -2.36. The SMILES string of the molecule is CCN1CCCC1CNC(=NC)N1CCN(S(=O)(=O)CCOC(C)C)CC1. The van der Waals surface area contributed by atoms with Crippen molar-refractivity contribution < 1.29 is 13.2 Å². The maximum absolute atomic E-state index is 12.5. The fourth-order valence-corrected chi connectivity index (χ4v) is 5.06. The number of likely N-dealkylation sites (N-methyl/N-ethyl adjacent to an activating group) is 1. The zero-order valence-corrected chi connectivity index (χ0v) is 18.2. The average Bonchev–Trinajstić information content (AvgIpc) is 3.10. The molecule has 0 radical (unpaired) electrons. The Kier molecular flexibility index (Phi) is 8.78. The second kappa shape index (κ2) is 10.6. The standard InChI is InChI=1S/C18H37N5O3S/c1-5-21-8-6-7-17(21)15-20-18(19-4)22-9-11-23(12-10-22)27(24,25)14-13-26-16(2)3/h16-17H,5-15H2,1-4H3,(H,19,20). The van der Waals surface area contributed by atoms with Crippen LogP contribution < -0.4 is 5.32 Å². The van der Waals surface area contributed by atoms with Gasteiger partial charge in [0.25, 0.3) is 0 Å². The van der Waals surface area contributed by atoms with E-state index >= 15 is 0 Å². The number of aliphatic imine (C=N–C) groups is 1. The first kappa shape index (κ1) is 22.4. The highest BCUT2D eigenvalue weighted by Gasteiger charge is 2.29. The van der Waals surface area contributed by atoms with Gasteiger partial charge in [0.2, 0.25) is 10.0 Å². The van der Waals surface area contributed by atoms with E-state index in [1.807, 2.05) is 13.8 Å². The van der Waals surface area contributed by atoms with Crippen molar-refractivity contribution in [2.75, 3.05) is 65.2 Å². The number of likely N-dealkylation sites (tertiary alicyclic amines) is 1. The molecule has 0 bridgehead atoms. The smallest absolute Gasteiger partial charge is 0.216 e. The van der Waals surface area contributed by atoms with Gasteiger partial charge in [-0.1, -0.05) is 6.92 Å². The summed E-state index contributed by atoms with van der Waals surface area (Å²) >= 11 is 0. The Bertz CT molecular complexity index is 574. The highest BCUT2D eigenvalue weighted by atomic mass is 32.2. The Balaban J connectivity index is 1.79. The Labute approximate surface area is 165 Å². The van der Waals surface area contributed by atoms with E-state index in [0.29, 0.717) is 32.2 Å². The minimum absolute atomic E-state index is 0.0483. The molecular formula is C18H37N5O3S. The van der Waals surface area contributed by atoms with Crippen LogP contribution in [-0.4, -0.2) is 106 Å². The number of hydrogen-bond acceptors (Lipinski definition) is 5. The molecule has 2 aliphatic rings. The van der Waals surface area contributed by atoms with Gasteiger partial charge in [-0.3, -0.25) is 9.89 Å². The van der Waals surface area contributed by atoms with Crippen LogP contribution in [0.5, 0.6) is 0 Å². The van der Waals surface area contributed by atoms with Crippen molar-refractivity contribution in [1.82, 2.24) is 19.4 Å². The summed E-state index contributed by atoms with van der Waals surface area (Å²) in [6, 6.07) is 0.564. The van der Waals surface area contributed by atoms with Gasteiger partial charge in [-0.25, -0.2) is 8.42 Å². The summed E-state index contributed by atoms with van der Waals surface area (Å²) in [5.74, 6) is 0.922. The van der Waals surface area contributed by atoms with E-state index in [4.69, 9.17) is 4.74 Å². The molecule has 1 atom stereocenters. The number of rotatable bonds is 8. The van der Waals surface area contributed by atoms with Crippen LogP contribution in [0.15, 0.2) is 4.99 Å². The van der Waals surface area contributed by atoms with Gasteiger partial charge in [0.1, 0.15) is 0 Å². The Hall–Kier alpha value is -0.900. The quantitative estimate of drug-likeness (QED) is 0.468. The molecule has 2 aliphatic heterocycles. The molecule has 0 spiro atoms. The van der Waals surface area contributed by atoms with Gasteiger partial charge in [-0.2, -0.15) is 4.31 Å². The zero-order chi connectivity index (χ0) is 19.9. The molecular weight excluding hydrogens is 366 g/mol. The lowest BCUT2D eigenvalue weighted by molar-refractivity contribution is 0.0904. The van der Waals surface area contributed by atoms with Gasteiger partial charge >= 0.3 is 0 Å². The van der Waals surface area contributed by atoms with Gasteiger partial charge in [0, 0.05) is 45.8 Å². The molecule has 2 fully saturated rings. The van der Waals surface area contributed by atoms with Crippen LogP contribution in [0.3, 0.4) is 0 Å². The molecule has 2 heterocycles. The largest absolute Gasteiger partial charge is 0.378 e. The Morgan fingerprint density at radius 3 is 2.52 bits per heavy atom. The molecule has 8 nitrogen and oxygen atoms in total. The number of guanidine groups is 1. The molecule has 0 aromatic heterocycles. The van der Waals surface area contributed by atoms with Crippen molar-refractivity contribution in [2.24, 2.45) is 4.99 Å². The number of piperazine rings is 1. The molecule has 0 aromatic carbocycles. The van der Waals surface area contributed by atoms with E-state index < -0.39 is 10.0 Å². The van der Waals surface area contributed by atoms with Gasteiger partial charge in [0.05, 0.1) is 18.5 Å². The van der Waals surface area contributed by atoms with Gasteiger partial charge in [-0.05, 0) is 39.8 Å². The van der Waals surface area contributed by atoms with E-state index in [-0.39, 0.29) is 18.5 Å². The number of sulfonamides is 1. The summed E-state index contributed by atoms with van der Waals surface area (Å²) in [4.78, 5) is 9.06. The van der Waals surface area contributed by atoms with Crippen LogP contribution in [0.2, 0.25) is 0 Å². The summed E-state index contributed by atoms with van der Waals surface area (Å²) in [6.45, 7) is 11.7. The van der Waals surface area contributed by atoms with Crippen molar-refractivity contribution in [3.63, 3.8) is 0 Å². The molecule has 27 heavy (non-hydrogen) atoms. The van der Waals surface area contributed by atoms with Crippen LogP contribution >= 0.6 is 0 Å². The Morgan fingerprint density at radius 1 is 1.22 bits per heavy atom. The highest BCUT2D eigenvalue weighted by Crippen LogP contribution is 2.16. The summed E-state index contributed by atoms with van der Waals surface area (Å²) in [5, 5.41) is 3.49. The molecule has 1 unspecified atom stereocenters. The lowest BCUT2D eigenvalue weighted by atomic mass is 10.2. The van der Waals surface area contributed by atoms with E-state index in [1.54, 1.807) is 11.4 Å². The third-order valence-corrected chi connectivity index (χ3v) is 7.17. The van der Waals surface area contributed by atoms with Crippen molar-refractivity contribution >= 4 is 16.0 Å². The topological polar surface area (TPSA) is 77.5 Å². The number of hydrogen-bond donors (Lipinski definition) is 1. The first-order valence-electron chi connectivity index (χ1n) is 10.2. The summed E-state index contributed by atoms with van der Waals surface area (Å²) in [5.41, 5.74) is 0. The van der Waals surface area contributed by atoms with Gasteiger partial charge < -0.3 is 15.0 Å². The van der Waals surface area contributed by atoms with Crippen LogP contribution in [0.25, 0.3) is 0 Å². The fourth-order valence-electron chi connectivity index (χ4n) is 3.78. The third-order valence-electron chi connectivity index (χ3n) is 5.34. The van der Waals surface area contributed by atoms with E-state index in [9.17, 15) is 8.42 Å². The molecule has 0 aromatic rings. The first-order valence-corrected chi connectivity index (χ1v) is 11.8. The fraction of sp³-hybridized carbons (Fsp3) is 0.944. The second-order valence-electron chi connectivity index (χ2n) is 7.47. The van der Waals surface area contributed by atoms with E-state index in [0.717, 1.165) is 19.0 Å². The Morgan fingerprint density at radius 2 is 1.93 bits per heavy atom. The molecule has 2 rings (SSSR count). The van der Waals surface area contributed by atoms with Crippen molar-refractivity contribution in [2.45, 2.75) is 45.8 Å². The molecule has 158 valence electrons. The van der Waals surface area contributed by atoms with Gasteiger partial charge in [0.15, 0.2) is 5.96 Å². The first-order chi connectivity index (χ1) is 12.9. The average molecular weight is 404 g/mol. The van der Waals surface area contributed by atoms with Crippen LogP contribution in [0.4, 0.5) is 0 Å². The predicted octanol–water partition coefficient (Wildman–Crippen LogP) is 0.419. The highest BCUT2D eigenvalue weighted by molar-refractivity contribution is 7.89. The van der Waals surface area contributed by atoms with E-state index in [2.05, 4.69) is 27.0 Å². The molecule has 2 saturated heterocycles. The molecule has 0 saturated carbocycles. The monoisotopic (exact) mass is 403 g/mol. The number of nitrogens with zero attached hydrogens (tertiary/aromatic N) is 4. The van der Waals surface area contributed by atoms with Crippen molar-refractivity contribution in [1.29, 1.82) is 0 Å². The maximum Gasteiger partial charge on any atom is 0.216 e. The maximum atomic E-state index is 12.5. The van der Waals surface area contributed by atoms with Crippen LogP contribution in [-0.2, 0) is 14.8 Å². The molecule has 1 N–H and O–H groups in total. The number of nitrogens with one attached hydrogen (secondary N) is 1. The predicted molar refractivity (Wildman–Crippen MR) is 110 cm³/mol. The number of ether oxygens (including phenoxy) is 1. The third kappa shape index (κ3) is 6.58. The molecule has 0 amide bonds. The summed E-state index contributed by atoms with van der Waals surface area (Å²) in [6.07, 6.45) is 2.54. The van der Waals surface area contributed by atoms with Crippen molar-refractivity contribution in [3.8, 4) is 0 Å². The second-order valence-corrected chi connectivity index (χ2v) is 9.56. The van der Waals surface area contributed by atoms with Gasteiger partial charge in [-0.15, -0.1) is 0 Å². The lowest BCUT2D eigenvalue weighted by Crippen LogP contribution is -2.55. The normalized spacial score (nSPS) is 23.4. The minimum Gasteiger partial charge on any atom is -0.378 e. The van der Waals surface area contributed by atoms with Crippen LogP contribution in [0.1, 0.15) is 33.6 Å². The van der Waals surface area contributed by atoms with Crippen LogP contribution in [0, 0.1) is 0 Å². The minimum atomic E-state index is -3.26. The molecule has 0 aliphatic carbocycles. The molecule has 9 heteroatoms. The summed E-state index contributed by atoms with van der Waals surface area (Å²) in [7, 11) is -1.46.